The summed E-state index contributed by atoms with van der Waals surface area (Å²) in [5, 5.41) is 22.8. The highest BCUT2D eigenvalue weighted by molar-refractivity contribution is 5.76. The molecule has 0 radical (unpaired) electrons. The fourth-order valence-electron chi connectivity index (χ4n) is 6.06. The monoisotopic (exact) mass is 722 g/mol. The van der Waals surface area contributed by atoms with Crippen LogP contribution in [0.2, 0.25) is 0 Å². The van der Waals surface area contributed by atoms with E-state index in [1.165, 1.54) is 109 Å². The fourth-order valence-corrected chi connectivity index (χ4v) is 6.06. The molecule has 0 aliphatic carbocycles. The van der Waals surface area contributed by atoms with Crippen molar-refractivity contribution in [1.82, 2.24) is 5.32 Å². The summed E-state index contributed by atoms with van der Waals surface area (Å²) in [6.07, 6.45) is 62.8. The van der Waals surface area contributed by atoms with E-state index in [1.54, 1.807) is 6.08 Å². The molecule has 0 aliphatic rings. The van der Waals surface area contributed by atoms with Gasteiger partial charge in [0.1, 0.15) is 0 Å². The molecular weight excluding hydrogens is 639 g/mol. The third-order valence-electron chi connectivity index (χ3n) is 9.38. The average Bonchev–Trinajstić information content (AvgIpc) is 3.15. The smallest absolute Gasteiger partial charge is 0.220 e. The van der Waals surface area contributed by atoms with Crippen LogP contribution in [0.25, 0.3) is 0 Å². The third kappa shape index (κ3) is 38.8. The van der Waals surface area contributed by atoms with Gasteiger partial charge in [-0.15, -0.1) is 0 Å². The highest BCUT2D eigenvalue weighted by atomic mass is 16.3. The van der Waals surface area contributed by atoms with Crippen LogP contribution in [0.3, 0.4) is 0 Å². The van der Waals surface area contributed by atoms with Crippen molar-refractivity contribution in [3.05, 3.63) is 85.1 Å². The molecule has 4 heteroatoms. The van der Waals surface area contributed by atoms with Crippen LogP contribution in [0.4, 0.5) is 0 Å². The molecule has 2 atom stereocenters. The molecule has 0 aromatic heterocycles. The third-order valence-corrected chi connectivity index (χ3v) is 9.38. The lowest BCUT2D eigenvalue weighted by atomic mass is 10.0. The number of carbonyl (C=O) groups is 1. The maximum Gasteiger partial charge on any atom is 0.220 e. The minimum atomic E-state index is -0.839. The maximum atomic E-state index is 12.3. The van der Waals surface area contributed by atoms with Gasteiger partial charge in [0.2, 0.25) is 5.91 Å². The summed E-state index contributed by atoms with van der Waals surface area (Å²) in [7, 11) is 0. The molecule has 1 amide bonds. The molecule has 0 saturated heterocycles. The minimum absolute atomic E-state index is 0.0732. The number of amides is 1. The molecule has 0 rings (SSSR count). The first-order chi connectivity index (χ1) is 25.7. The molecule has 0 spiro atoms. The van der Waals surface area contributed by atoms with Crippen LogP contribution >= 0.6 is 0 Å². The molecule has 0 aromatic rings. The molecule has 52 heavy (non-hydrogen) atoms. The number of rotatable bonds is 38. The molecule has 0 saturated carbocycles. The number of allylic oxidation sites excluding steroid dienone is 13. The van der Waals surface area contributed by atoms with Crippen LogP contribution in [-0.2, 0) is 4.79 Å². The Kier molecular flexibility index (Phi) is 41.0. The Morgan fingerprint density at radius 1 is 0.481 bits per heavy atom. The molecule has 0 aliphatic heterocycles. The van der Waals surface area contributed by atoms with Gasteiger partial charge in [0.05, 0.1) is 18.8 Å². The molecular formula is C48H83NO3. The van der Waals surface area contributed by atoms with Gasteiger partial charge >= 0.3 is 0 Å². The van der Waals surface area contributed by atoms with E-state index in [2.05, 4.69) is 92.1 Å². The predicted octanol–water partition coefficient (Wildman–Crippen LogP) is 13.7. The number of unbranched alkanes of at least 4 members (excludes halogenated alkanes) is 19. The molecule has 0 bridgehead atoms. The van der Waals surface area contributed by atoms with Crippen molar-refractivity contribution in [3.8, 4) is 0 Å². The summed E-state index contributed by atoms with van der Waals surface area (Å²) in [5.74, 6) is -0.0732. The van der Waals surface area contributed by atoms with E-state index in [9.17, 15) is 15.0 Å². The van der Waals surface area contributed by atoms with Crippen LogP contribution in [-0.4, -0.2) is 34.9 Å². The van der Waals surface area contributed by atoms with Crippen LogP contribution in [0, 0.1) is 0 Å². The normalized spacial score (nSPS) is 13.8. The molecule has 2 unspecified atom stereocenters. The van der Waals surface area contributed by atoms with Gasteiger partial charge in [-0.2, -0.15) is 0 Å². The van der Waals surface area contributed by atoms with E-state index in [4.69, 9.17) is 0 Å². The summed E-state index contributed by atoms with van der Waals surface area (Å²) < 4.78 is 0. The minimum Gasteiger partial charge on any atom is -0.394 e. The number of hydrogen-bond donors (Lipinski definition) is 3. The first-order valence-corrected chi connectivity index (χ1v) is 21.8. The molecule has 4 nitrogen and oxygen atoms in total. The van der Waals surface area contributed by atoms with E-state index in [0.29, 0.717) is 6.42 Å². The largest absolute Gasteiger partial charge is 0.394 e. The summed E-state index contributed by atoms with van der Waals surface area (Å²) in [6, 6.07) is -0.622. The molecule has 0 fully saturated rings. The van der Waals surface area contributed by atoms with Crippen molar-refractivity contribution in [1.29, 1.82) is 0 Å². The van der Waals surface area contributed by atoms with Crippen molar-refractivity contribution in [3.63, 3.8) is 0 Å². The zero-order valence-electron chi connectivity index (χ0n) is 34.0. The Labute approximate surface area is 322 Å². The number of aliphatic hydroxyl groups is 2. The Balaban J connectivity index is 3.50. The maximum absolute atomic E-state index is 12.3. The second-order valence-corrected chi connectivity index (χ2v) is 14.4. The lowest BCUT2D eigenvalue weighted by molar-refractivity contribution is -0.123. The van der Waals surface area contributed by atoms with Crippen LogP contribution in [0.5, 0.6) is 0 Å². The van der Waals surface area contributed by atoms with Crippen LogP contribution < -0.4 is 5.32 Å². The van der Waals surface area contributed by atoms with E-state index in [1.807, 2.05) is 6.08 Å². The van der Waals surface area contributed by atoms with Gasteiger partial charge in [0.15, 0.2) is 0 Å². The van der Waals surface area contributed by atoms with Crippen molar-refractivity contribution in [2.24, 2.45) is 0 Å². The quantitative estimate of drug-likeness (QED) is 0.0439. The van der Waals surface area contributed by atoms with Gasteiger partial charge in [-0.3, -0.25) is 4.79 Å². The highest BCUT2D eigenvalue weighted by Gasteiger charge is 2.17. The summed E-state index contributed by atoms with van der Waals surface area (Å²) in [5.41, 5.74) is 0. The van der Waals surface area contributed by atoms with E-state index < -0.39 is 12.1 Å². The second kappa shape index (κ2) is 43.0. The standard InChI is InChI=1S/C48H83NO3/c1-3-5-7-9-11-12-13-14-15-16-17-18-19-20-21-22-23-24-25-26-27-28-29-30-31-32-33-34-35-36-38-40-42-44-48(52)49-46(45-50)47(51)43-41-39-37-10-8-6-4-2/h5,7,11-12,14-15,17-18,20-21,23-24,41,43,46-47,50-51H,3-4,6,8-10,13,16,19,22,25-40,42,44-45H2,1-2H3,(H,49,52)/b7-5-,12-11-,15-14-,18-17-,21-20-,24-23-,43-41+. The Hall–Kier alpha value is -2.43. The molecule has 0 heterocycles. The van der Waals surface area contributed by atoms with Gasteiger partial charge < -0.3 is 15.5 Å². The lowest BCUT2D eigenvalue weighted by Gasteiger charge is -2.20. The highest BCUT2D eigenvalue weighted by Crippen LogP contribution is 2.14. The molecule has 3 N–H and O–H groups in total. The summed E-state index contributed by atoms with van der Waals surface area (Å²) in [4.78, 5) is 12.3. The van der Waals surface area contributed by atoms with Crippen LogP contribution in [0.15, 0.2) is 85.1 Å². The average molecular weight is 722 g/mol. The van der Waals surface area contributed by atoms with Crippen molar-refractivity contribution in [2.45, 2.75) is 206 Å². The first-order valence-electron chi connectivity index (χ1n) is 21.8. The molecule has 0 aromatic carbocycles. The second-order valence-electron chi connectivity index (χ2n) is 14.4. The Morgan fingerprint density at radius 2 is 0.846 bits per heavy atom. The first kappa shape index (κ1) is 49.6. The fraction of sp³-hybridized carbons (Fsp3) is 0.688. The zero-order chi connectivity index (χ0) is 37.8. The van der Waals surface area contributed by atoms with Gasteiger partial charge in [-0.1, -0.05) is 202 Å². The van der Waals surface area contributed by atoms with Gasteiger partial charge in [-0.25, -0.2) is 0 Å². The number of carbonyl (C=O) groups excluding carboxylic acids is 1. The Morgan fingerprint density at radius 3 is 1.27 bits per heavy atom. The van der Waals surface area contributed by atoms with Crippen molar-refractivity contribution >= 4 is 5.91 Å². The topological polar surface area (TPSA) is 69.6 Å². The van der Waals surface area contributed by atoms with Crippen molar-refractivity contribution < 1.29 is 15.0 Å². The lowest BCUT2D eigenvalue weighted by Crippen LogP contribution is -2.45. The van der Waals surface area contributed by atoms with E-state index in [-0.39, 0.29) is 12.5 Å². The van der Waals surface area contributed by atoms with Gasteiger partial charge in [0, 0.05) is 6.42 Å². The van der Waals surface area contributed by atoms with E-state index >= 15 is 0 Å². The molecule has 298 valence electrons. The SMILES string of the molecule is CC/C=C\C/C=C\C/C=C\C/C=C\C/C=C\C/C=C\CCCCCCCCCCCCCCCCC(=O)NC(CO)C(O)/C=C/CCCCCCC. The van der Waals surface area contributed by atoms with Gasteiger partial charge in [0.25, 0.3) is 0 Å². The number of nitrogens with one attached hydrogen (secondary N) is 1. The number of aliphatic hydroxyl groups excluding tert-OH is 2. The summed E-state index contributed by atoms with van der Waals surface area (Å²) in [6.45, 7) is 4.13. The number of hydrogen-bond acceptors (Lipinski definition) is 3. The van der Waals surface area contributed by atoms with Gasteiger partial charge in [-0.05, 0) is 70.6 Å². The zero-order valence-corrected chi connectivity index (χ0v) is 34.0. The van der Waals surface area contributed by atoms with E-state index in [0.717, 1.165) is 64.2 Å². The van der Waals surface area contributed by atoms with Crippen LogP contribution in [0.1, 0.15) is 194 Å². The Bertz CT molecular complexity index is 957. The van der Waals surface area contributed by atoms with Crippen molar-refractivity contribution in [2.75, 3.05) is 6.61 Å². The predicted molar refractivity (Wildman–Crippen MR) is 230 cm³/mol. The summed E-state index contributed by atoms with van der Waals surface area (Å²) >= 11 is 0.